The van der Waals surface area contributed by atoms with E-state index in [2.05, 4.69) is 33.5 Å². The summed E-state index contributed by atoms with van der Waals surface area (Å²) < 4.78 is 1.86. The Morgan fingerprint density at radius 3 is 2.58 bits per heavy atom. The summed E-state index contributed by atoms with van der Waals surface area (Å²) in [6.45, 7) is 3.34. The topological polar surface area (TPSA) is 61.1 Å². The van der Waals surface area contributed by atoms with E-state index in [0.29, 0.717) is 30.8 Å². The molecule has 0 bridgehead atoms. The fraction of sp³-hybridized carbons (Fsp3) is 0.250. The first-order chi connectivity index (χ1) is 15.2. The summed E-state index contributed by atoms with van der Waals surface area (Å²) in [7, 11) is 0. The van der Waals surface area contributed by atoms with Crippen LogP contribution in [0.15, 0.2) is 72.5 Å². The van der Waals surface area contributed by atoms with Crippen LogP contribution in [-0.2, 0) is 0 Å². The number of hydrogen-bond donors (Lipinski definition) is 1. The van der Waals surface area contributed by atoms with Crippen LogP contribution >= 0.6 is 11.3 Å². The maximum Gasteiger partial charge on any atom is 0.257 e. The Hall–Kier alpha value is -3.00. The third-order valence-corrected chi connectivity index (χ3v) is 6.76. The minimum Gasteiger partial charge on any atom is -0.387 e. The molecule has 0 aliphatic carbocycles. The summed E-state index contributed by atoms with van der Waals surface area (Å²) in [6, 6.07) is 16.0. The molecular formula is C24H24N4O2S. The van der Waals surface area contributed by atoms with Gasteiger partial charge in [-0.15, -0.1) is 11.3 Å². The van der Waals surface area contributed by atoms with Crippen LogP contribution in [0.4, 0.5) is 0 Å². The summed E-state index contributed by atoms with van der Waals surface area (Å²) in [5.74, 6) is 0.0150. The lowest BCUT2D eigenvalue weighted by Crippen LogP contribution is -2.49. The molecule has 4 aromatic rings. The molecule has 3 aromatic heterocycles. The lowest BCUT2D eigenvalue weighted by molar-refractivity contribution is 0.0528. The molecule has 7 heteroatoms. The highest BCUT2D eigenvalue weighted by molar-refractivity contribution is 7.13. The Bertz CT molecular complexity index is 1160. The average Bonchev–Trinajstić information content (AvgIpc) is 3.51. The van der Waals surface area contributed by atoms with Crippen molar-refractivity contribution in [1.82, 2.24) is 19.2 Å². The van der Waals surface area contributed by atoms with Crippen LogP contribution in [-0.4, -0.2) is 62.9 Å². The average molecular weight is 433 g/mol. The molecule has 5 rings (SSSR count). The number of amides is 1. The van der Waals surface area contributed by atoms with Gasteiger partial charge in [-0.25, -0.2) is 4.98 Å². The molecule has 158 valence electrons. The maximum atomic E-state index is 13.0. The molecule has 0 spiro atoms. The number of fused-ring (bicyclic) bond motifs is 1. The van der Waals surface area contributed by atoms with Gasteiger partial charge in [-0.2, -0.15) is 0 Å². The van der Waals surface area contributed by atoms with Crippen molar-refractivity contribution >= 4 is 22.9 Å². The number of aliphatic hydroxyl groups is 1. The third kappa shape index (κ3) is 4.12. The molecule has 1 atom stereocenters. The minimum absolute atomic E-state index is 0.0150. The first kappa shape index (κ1) is 19.9. The van der Waals surface area contributed by atoms with Crippen molar-refractivity contribution in [3.8, 4) is 10.4 Å². The number of β-amino-alcohol motifs (C(OH)–C–C–N with tert-alkyl or cyclic N) is 1. The van der Waals surface area contributed by atoms with E-state index in [1.165, 1.54) is 10.4 Å². The van der Waals surface area contributed by atoms with Crippen LogP contribution < -0.4 is 0 Å². The smallest absolute Gasteiger partial charge is 0.257 e. The number of piperazine rings is 1. The number of benzene rings is 1. The van der Waals surface area contributed by atoms with E-state index < -0.39 is 6.10 Å². The number of aromatic nitrogens is 2. The van der Waals surface area contributed by atoms with Crippen molar-refractivity contribution in [2.45, 2.75) is 6.10 Å². The molecule has 1 fully saturated rings. The highest BCUT2D eigenvalue weighted by atomic mass is 32.1. The van der Waals surface area contributed by atoms with Gasteiger partial charge in [0.15, 0.2) is 0 Å². The Balaban J connectivity index is 1.18. The summed E-state index contributed by atoms with van der Waals surface area (Å²) in [5, 5.41) is 12.8. The van der Waals surface area contributed by atoms with Gasteiger partial charge in [0, 0.05) is 56.2 Å². The summed E-state index contributed by atoms with van der Waals surface area (Å²) in [4.78, 5) is 22.6. The van der Waals surface area contributed by atoms with Crippen molar-refractivity contribution < 1.29 is 9.90 Å². The van der Waals surface area contributed by atoms with E-state index in [-0.39, 0.29) is 5.91 Å². The first-order valence-corrected chi connectivity index (χ1v) is 11.3. The number of imidazole rings is 1. The number of nitrogens with zero attached hydrogens (tertiary/aromatic N) is 4. The molecule has 1 saturated heterocycles. The molecule has 1 aliphatic rings. The lowest BCUT2D eigenvalue weighted by Gasteiger charge is -2.35. The number of rotatable bonds is 5. The fourth-order valence-electron chi connectivity index (χ4n) is 4.08. The second kappa shape index (κ2) is 8.63. The zero-order valence-electron chi connectivity index (χ0n) is 17.1. The fourth-order valence-corrected chi connectivity index (χ4v) is 4.81. The second-order valence-electron chi connectivity index (χ2n) is 7.79. The standard InChI is InChI=1S/C24H24N4O2S/c29-21(18-5-7-19(8-6-18)22-4-2-16-31-22)17-26-12-14-28(15-13-26)24(30)20-3-1-10-27-11-9-25-23(20)27/h1-11,16,21,29H,12-15,17H2. The second-order valence-corrected chi connectivity index (χ2v) is 8.74. The number of carbonyl (C=O) groups is 1. The minimum atomic E-state index is -0.543. The summed E-state index contributed by atoms with van der Waals surface area (Å²) in [6.07, 6.45) is 4.90. The van der Waals surface area contributed by atoms with E-state index >= 15 is 0 Å². The van der Waals surface area contributed by atoms with Gasteiger partial charge in [0.05, 0.1) is 11.7 Å². The van der Waals surface area contributed by atoms with Crippen molar-refractivity contribution in [1.29, 1.82) is 0 Å². The predicted molar refractivity (Wildman–Crippen MR) is 122 cm³/mol. The van der Waals surface area contributed by atoms with Crippen LogP contribution in [0.5, 0.6) is 0 Å². The van der Waals surface area contributed by atoms with Crippen molar-refractivity contribution in [3.05, 3.63) is 83.6 Å². The Kier molecular flexibility index (Phi) is 5.55. The van der Waals surface area contributed by atoms with Gasteiger partial charge in [0.2, 0.25) is 0 Å². The SMILES string of the molecule is O=C(c1cccn2ccnc12)N1CCN(CC(O)c2ccc(-c3cccs3)cc2)CC1. The monoisotopic (exact) mass is 432 g/mol. The highest BCUT2D eigenvalue weighted by Crippen LogP contribution is 2.26. The molecule has 1 aromatic carbocycles. The van der Waals surface area contributed by atoms with Crippen LogP contribution in [0.3, 0.4) is 0 Å². The summed E-state index contributed by atoms with van der Waals surface area (Å²) >= 11 is 1.71. The molecule has 31 heavy (non-hydrogen) atoms. The van der Waals surface area contributed by atoms with Gasteiger partial charge in [0.25, 0.3) is 5.91 Å². The quantitative estimate of drug-likeness (QED) is 0.524. The van der Waals surface area contributed by atoms with Gasteiger partial charge in [-0.3, -0.25) is 9.69 Å². The maximum absolute atomic E-state index is 13.0. The Labute approximate surface area is 185 Å². The van der Waals surface area contributed by atoms with Crippen molar-refractivity contribution in [3.63, 3.8) is 0 Å². The van der Waals surface area contributed by atoms with Crippen LogP contribution in [0.1, 0.15) is 22.0 Å². The van der Waals surface area contributed by atoms with Crippen molar-refractivity contribution in [2.24, 2.45) is 0 Å². The Morgan fingerprint density at radius 1 is 1.03 bits per heavy atom. The largest absolute Gasteiger partial charge is 0.387 e. The van der Waals surface area contributed by atoms with E-state index in [1.54, 1.807) is 17.5 Å². The Morgan fingerprint density at radius 2 is 1.84 bits per heavy atom. The van der Waals surface area contributed by atoms with Gasteiger partial charge in [-0.05, 0) is 34.7 Å². The normalized spacial score (nSPS) is 16.0. The van der Waals surface area contributed by atoms with Gasteiger partial charge in [0.1, 0.15) is 5.65 Å². The summed E-state index contributed by atoms with van der Waals surface area (Å²) in [5.41, 5.74) is 3.42. The molecule has 0 radical (unpaired) electrons. The van der Waals surface area contributed by atoms with E-state index in [9.17, 15) is 9.90 Å². The van der Waals surface area contributed by atoms with E-state index in [0.717, 1.165) is 18.7 Å². The molecule has 0 saturated carbocycles. The third-order valence-electron chi connectivity index (χ3n) is 5.84. The van der Waals surface area contributed by atoms with Gasteiger partial charge in [-0.1, -0.05) is 30.3 Å². The molecule has 1 unspecified atom stereocenters. The number of carbonyl (C=O) groups excluding carboxylic acids is 1. The van der Waals surface area contributed by atoms with E-state index in [1.807, 2.05) is 52.0 Å². The molecule has 1 amide bonds. The zero-order chi connectivity index (χ0) is 21.2. The first-order valence-electron chi connectivity index (χ1n) is 10.4. The molecule has 6 nitrogen and oxygen atoms in total. The molecule has 4 heterocycles. The van der Waals surface area contributed by atoms with Crippen LogP contribution in [0.2, 0.25) is 0 Å². The number of pyridine rings is 1. The molecule has 1 N–H and O–H groups in total. The van der Waals surface area contributed by atoms with E-state index in [4.69, 9.17) is 0 Å². The van der Waals surface area contributed by atoms with Crippen LogP contribution in [0, 0.1) is 0 Å². The number of thiophene rings is 1. The van der Waals surface area contributed by atoms with Crippen molar-refractivity contribution in [2.75, 3.05) is 32.7 Å². The van der Waals surface area contributed by atoms with Crippen LogP contribution in [0.25, 0.3) is 16.1 Å². The number of aliphatic hydroxyl groups excluding tert-OH is 1. The molecule has 1 aliphatic heterocycles. The highest BCUT2D eigenvalue weighted by Gasteiger charge is 2.25. The molecular weight excluding hydrogens is 408 g/mol. The van der Waals surface area contributed by atoms with Gasteiger partial charge >= 0.3 is 0 Å². The van der Waals surface area contributed by atoms with Gasteiger partial charge < -0.3 is 14.4 Å². The predicted octanol–water partition coefficient (Wildman–Crippen LogP) is 3.55. The number of hydrogen-bond acceptors (Lipinski definition) is 5. The lowest BCUT2D eigenvalue weighted by atomic mass is 10.1. The zero-order valence-corrected chi connectivity index (χ0v) is 17.9.